The van der Waals surface area contributed by atoms with E-state index >= 15 is 0 Å². The molecular formula is C11H12Cl2O. The largest absolute Gasteiger partial charge is 0.493 e. The third-order valence-electron chi connectivity index (χ3n) is 1.78. The van der Waals surface area contributed by atoms with Gasteiger partial charge in [0.15, 0.2) is 0 Å². The van der Waals surface area contributed by atoms with E-state index in [1.54, 1.807) is 6.07 Å². The molecule has 0 radical (unpaired) electrons. The molecule has 0 aliphatic rings. The van der Waals surface area contributed by atoms with Gasteiger partial charge in [-0.25, -0.2) is 0 Å². The van der Waals surface area contributed by atoms with Gasteiger partial charge < -0.3 is 4.74 Å². The molecule has 0 aliphatic carbocycles. The van der Waals surface area contributed by atoms with Crippen molar-refractivity contribution in [2.45, 2.75) is 6.92 Å². The first-order valence-electron chi connectivity index (χ1n) is 4.35. The molecule has 1 nitrogen and oxygen atoms in total. The summed E-state index contributed by atoms with van der Waals surface area (Å²) in [5.74, 6) is 1.16. The second-order valence-corrected chi connectivity index (χ2v) is 3.51. The molecule has 0 bridgehead atoms. The summed E-state index contributed by atoms with van der Waals surface area (Å²) in [6, 6.07) is 5.44. The number of halogens is 2. The third kappa shape index (κ3) is 2.66. The van der Waals surface area contributed by atoms with E-state index in [1.165, 1.54) is 0 Å². The van der Waals surface area contributed by atoms with Crippen molar-refractivity contribution in [3.05, 3.63) is 35.4 Å². The van der Waals surface area contributed by atoms with Gasteiger partial charge in [0.05, 0.1) is 6.61 Å². The SMILES string of the molecule is C=C(CCl)c1cc(Cl)ccc1OCC. The van der Waals surface area contributed by atoms with E-state index in [-0.39, 0.29) is 0 Å². The molecule has 0 atom stereocenters. The lowest BCUT2D eigenvalue weighted by atomic mass is 10.1. The van der Waals surface area contributed by atoms with Crippen LogP contribution in [0.25, 0.3) is 5.57 Å². The molecule has 0 unspecified atom stereocenters. The Kier molecular flexibility index (Phi) is 4.30. The monoisotopic (exact) mass is 230 g/mol. The lowest BCUT2D eigenvalue weighted by molar-refractivity contribution is 0.339. The third-order valence-corrected chi connectivity index (χ3v) is 2.34. The highest BCUT2D eigenvalue weighted by molar-refractivity contribution is 6.31. The quantitative estimate of drug-likeness (QED) is 0.712. The fourth-order valence-corrected chi connectivity index (χ4v) is 1.45. The minimum Gasteiger partial charge on any atom is -0.493 e. The Balaban J connectivity index is 3.08. The maximum Gasteiger partial charge on any atom is 0.126 e. The molecule has 0 saturated heterocycles. The summed E-state index contributed by atoms with van der Waals surface area (Å²) in [7, 11) is 0. The summed E-state index contributed by atoms with van der Waals surface area (Å²) in [5, 5.41) is 0.662. The van der Waals surface area contributed by atoms with Crippen molar-refractivity contribution in [2.75, 3.05) is 12.5 Å². The second-order valence-electron chi connectivity index (χ2n) is 2.81. The van der Waals surface area contributed by atoms with Crippen molar-refractivity contribution in [1.82, 2.24) is 0 Å². The molecule has 76 valence electrons. The van der Waals surface area contributed by atoms with Crippen molar-refractivity contribution in [3.63, 3.8) is 0 Å². The minimum atomic E-state index is 0.375. The summed E-state index contributed by atoms with van der Waals surface area (Å²) in [6.45, 7) is 6.40. The van der Waals surface area contributed by atoms with E-state index in [2.05, 4.69) is 6.58 Å². The number of allylic oxidation sites excluding steroid dienone is 1. The molecule has 1 aromatic carbocycles. The van der Waals surface area contributed by atoms with Crippen LogP contribution in [0.5, 0.6) is 5.75 Å². The van der Waals surface area contributed by atoms with E-state index < -0.39 is 0 Å². The Morgan fingerprint density at radius 2 is 2.21 bits per heavy atom. The zero-order valence-electron chi connectivity index (χ0n) is 8.02. The second kappa shape index (κ2) is 5.28. The highest BCUT2D eigenvalue weighted by atomic mass is 35.5. The van der Waals surface area contributed by atoms with Crippen LogP contribution in [0, 0.1) is 0 Å². The van der Waals surface area contributed by atoms with E-state index in [1.807, 2.05) is 19.1 Å². The van der Waals surface area contributed by atoms with E-state index in [0.29, 0.717) is 17.5 Å². The van der Waals surface area contributed by atoms with E-state index in [4.69, 9.17) is 27.9 Å². The molecule has 1 rings (SSSR count). The van der Waals surface area contributed by atoms with Gasteiger partial charge in [-0.1, -0.05) is 18.2 Å². The van der Waals surface area contributed by atoms with Gasteiger partial charge in [0.25, 0.3) is 0 Å². The van der Waals surface area contributed by atoms with Crippen LogP contribution in [-0.4, -0.2) is 12.5 Å². The normalized spacial score (nSPS) is 9.93. The van der Waals surface area contributed by atoms with Crippen molar-refractivity contribution in [1.29, 1.82) is 0 Å². The molecule has 1 aromatic rings. The zero-order chi connectivity index (χ0) is 10.6. The molecule has 14 heavy (non-hydrogen) atoms. The van der Waals surface area contributed by atoms with Gasteiger partial charge in [0, 0.05) is 16.5 Å². The number of hydrogen-bond acceptors (Lipinski definition) is 1. The van der Waals surface area contributed by atoms with Gasteiger partial charge in [-0.15, -0.1) is 11.6 Å². The van der Waals surface area contributed by atoms with Gasteiger partial charge >= 0.3 is 0 Å². The first-order valence-corrected chi connectivity index (χ1v) is 5.26. The molecular weight excluding hydrogens is 219 g/mol. The van der Waals surface area contributed by atoms with Crippen LogP contribution < -0.4 is 4.74 Å². The van der Waals surface area contributed by atoms with Crippen LogP contribution in [0.15, 0.2) is 24.8 Å². The van der Waals surface area contributed by atoms with Gasteiger partial charge in [-0.2, -0.15) is 0 Å². The summed E-state index contributed by atoms with van der Waals surface area (Å²) in [4.78, 5) is 0. The molecule has 0 saturated carbocycles. The Hall–Kier alpha value is -0.660. The summed E-state index contributed by atoms with van der Waals surface area (Å²) in [6.07, 6.45) is 0. The van der Waals surface area contributed by atoms with Crippen molar-refractivity contribution < 1.29 is 4.74 Å². The summed E-state index contributed by atoms with van der Waals surface area (Å²) >= 11 is 11.6. The van der Waals surface area contributed by atoms with Crippen molar-refractivity contribution in [2.24, 2.45) is 0 Å². The molecule has 0 N–H and O–H groups in total. The first kappa shape index (κ1) is 11.4. The molecule has 0 spiro atoms. The van der Waals surface area contributed by atoms with Crippen LogP contribution in [0.2, 0.25) is 5.02 Å². The highest BCUT2D eigenvalue weighted by Crippen LogP contribution is 2.28. The van der Waals surface area contributed by atoms with Crippen LogP contribution >= 0.6 is 23.2 Å². The topological polar surface area (TPSA) is 9.23 Å². The molecule has 0 aromatic heterocycles. The van der Waals surface area contributed by atoms with Gasteiger partial charge in [0.1, 0.15) is 5.75 Å². The standard InChI is InChI=1S/C11H12Cl2O/c1-3-14-11-5-4-9(13)6-10(11)8(2)7-12/h4-6H,2-3,7H2,1H3. The lowest BCUT2D eigenvalue weighted by Crippen LogP contribution is -1.96. The van der Waals surface area contributed by atoms with Gasteiger partial charge in [-0.05, 0) is 30.7 Å². The zero-order valence-corrected chi connectivity index (χ0v) is 9.53. The molecule has 3 heteroatoms. The Bertz CT molecular complexity index is 334. The molecule has 0 fully saturated rings. The Morgan fingerprint density at radius 3 is 2.79 bits per heavy atom. The smallest absolute Gasteiger partial charge is 0.126 e. The van der Waals surface area contributed by atoms with Crippen LogP contribution in [0.1, 0.15) is 12.5 Å². The summed E-state index contributed by atoms with van der Waals surface area (Å²) < 4.78 is 5.44. The average Bonchev–Trinajstić information content (AvgIpc) is 2.20. The fourth-order valence-electron chi connectivity index (χ4n) is 1.13. The molecule has 0 amide bonds. The number of rotatable bonds is 4. The number of hydrogen-bond donors (Lipinski definition) is 0. The number of benzene rings is 1. The van der Waals surface area contributed by atoms with Crippen LogP contribution in [0.3, 0.4) is 0 Å². The van der Waals surface area contributed by atoms with E-state index in [0.717, 1.165) is 16.9 Å². The number of ether oxygens (including phenoxy) is 1. The first-order chi connectivity index (χ1) is 6.69. The van der Waals surface area contributed by atoms with Gasteiger partial charge in [0.2, 0.25) is 0 Å². The highest BCUT2D eigenvalue weighted by Gasteiger charge is 2.06. The predicted molar refractivity (Wildman–Crippen MR) is 62.4 cm³/mol. The Labute approximate surface area is 94.3 Å². The molecule has 0 heterocycles. The van der Waals surface area contributed by atoms with Gasteiger partial charge in [-0.3, -0.25) is 0 Å². The fraction of sp³-hybridized carbons (Fsp3) is 0.273. The predicted octanol–water partition coefficient (Wildman–Crippen LogP) is 3.99. The van der Waals surface area contributed by atoms with Crippen LogP contribution in [0.4, 0.5) is 0 Å². The Morgan fingerprint density at radius 1 is 1.50 bits per heavy atom. The van der Waals surface area contributed by atoms with Crippen molar-refractivity contribution in [3.8, 4) is 5.75 Å². The number of alkyl halides is 1. The average molecular weight is 231 g/mol. The van der Waals surface area contributed by atoms with E-state index in [9.17, 15) is 0 Å². The minimum absolute atomic E-state index is 0.375. The molecule has 0 aliphatic heterocycles. The van der Waals surface area contributed by atoms with Crippen LogP contribution in [-0.2, 0) is 0 Å². The maximum atomic E-state index is 5.88. The lowest BCUT2D eigenvalue weighted by Gasteiger charge is -2.10. The maximum absolute atomic E-state index is 5.88. The summed E-state index contributed by atoms with van der Waals surface area (Å²) in [5.41, 5.74) is 1.70. The van der Waals surface area contributed by atoms with Crippen molar-refractivity contribution >= 4 is 28.8 Å².